The molecule has 0 unspecified atom stereocenters. The van der Waals surface area contributed by atoms with Crippen molar-refractivity contribution in [3.8, 4) is 0 Å². The molecular weight excluding hydrogens is 414 g/mol. The van der Waals surface area contributed by atoms with Crippen molar-refractivity contribution in [2.75, 3.05) is 36.5 Å². The lowest BCUT2D eigenvalue weighted by molar-refractivity contribution is -0.121. The molecule has 0 bridgehead atoms. The predicted octanol–water partition coefficient (Wildman–Crippen LogP) is 3.73. The number of rotatable bonds is 4. The molecule has 0 spiro atoms. The van der Waals surface area contributed by atoms with Gasteiger partial charge in [0.25, 0.3) is 5.91 Å². The van der Waals surface area contributed by atoms with Crippen LogP contribution in [0.4, 0.5) is 11.4 Å². The number of amides is 2. The first-order chi connectivity index (χ1) is 16.2. The van der Waals surface area contributed by atoms with E-state index in [9.17, 15) is 9.59 Å². The van der Waals surface area contributed by atoms with Gasteiger partial charge in [0.05, 0.1) is 24.6 Å². The number of morpholine rings is 1. The molecular formula is C27H27N3O3. The van der Waals surface area contributed by atoms with Crippen molar-refractivity contribution in [1.82, 2.24) is 4.90 Å². The smallest absolute Gasteiger partial charge is 0.254 e. The number of carbonyl (C=O) groups excluding carboxylic acids is 2. The summed E-state index contributed by atoms with van der Waals surface area (Å²) >= 11 is 0. The number of ether oxygens (including phenoxy) is 1. The largest absolute Gasteiger partial charge is 0.378 e. The van der Waals surface area contributed by atoms with Gasteiger partial charge < -0.3 is 19.9 Å². The highest BCUT2D eigenvalue weighted by atomic mass is 16.5. The summed E-state index contributed by atoms with van der Waals surface area (Å²) in [4.78, 5) is 30.9. The van der Waals surface area contributed by atoms with Crippen LogP contribution in [0, 0.1) is 0 Å². The number of nitrogens with one attached hydrogen (secondary N) is 1. The van der Waals surface area contributed by atoms with Gasteiger partial charge in [0, 0.05) is 31.6 Å². The minimum atomic E-state index is -0.592. The number of carbonyl (C=O) groups is 2. The fourth-order valence-electron chi connectivity index (χ4n) is 4.59. The molecule has 0 saturated carbocycles. The summed E-state index contributed by atoms with van der Waals surface area (Å²) in [5.41, 5.74) is 4.51. The number of benzene rings is 3. The van der Waals surface area contributed by atoms with Gasteiger partial charge in [-0.3, -0.25) is 9.59 Å². The van der Waals surface area contributed by atoms with Gasteiger partial charge in [-0.2, -0.15) is 0 Å². The SMILES string of the molecule is O=C(Nc1ccccc1N1CCOCC1)[C@H]1Cc2ccccc2CN1C(=O)c1ccccc1. The highest BCUT2D eigenvalue weighted by Gasteiger charge is 2.35. The van der Waals surface area contributed by atoms with Crippen LogP contribution >= 0.6 is 0 Å². The minimum Gasteiger partial charge on any atom is -0.378 e. The van der Waals surface area contributed by atoms with Crippen molar-refractivity contribution in [3.63, 3.8) is 0 Å². The van der Waals surface area contributed by atoms with Crippen LogP contribution in [-0.4, -0.2) is 49.1 Å². The number of para-hydroxylation sites is 2. The first kappa shape index (κ1) is 21.2. The van der Waals surface area contributed by atoms with Crippen LogP contribution < -0.4 is 10.2 Å². The molecule has 6 heteroatoms. The third kappa shape index (κ3) is 4.47. The topological polar surface area (TPSA) is 61.9 Å². The Kier molecular flexibility index (Phi) is 6.09. The molecule has 2 aliphatic heterocycles. The Hall–Kier alpha value is -3.64. The zero-order chi connectivity index (χ0) is 22.6. The van der Waals surface area contributed by atoms with E-state index in [0.29, 0.717) is 31.7 Å². The van der Waals surface area contributed by atoms with E-state index in [-0.39, 0.29) is 11.8 Å². The third-order valence-electron chi connectivity index (χ3n) is 6.35. The molecule has 2 heterocycles. The van der Waals surface area contributed by atoms with E-state index in [4.69, 9.17) is 4.74 Å². The standard InChI is InChI=1S/C27H27N3O3/c31-26(28-23-12-6-7-13-24(23)29-14-16-33-17-15-29)25-18-21-10-4-5-11-22(21)19-30(25)27(32)20-8-2-1-3-9-20/h1-13,25H,14-19H2,(H,28,31)/t25-/m1/s1. The van der Waals surface area contributed by atoms with Crippen LogP contribution in [-0.2, 0) is 22.5 Å². The molecule has 3 aromatic carbocycles. The van der Waals surface area contributed by atoms with Crippen LogP contribution in [0.3, 0.4) is 0 Å². The van der Waals surface area contributed by atoms with Crippen molar-refractivity contribution in [2.24, 2.45) is 0 Å². The van der Waals surface area contributed by atoms with Crippen LogP contribution in [0.2, 0.25) is 0 Å². The summed E-state index contributed by atoms with van der Waals surface area (Å²) in [7, 11) is 0. The highest BCUT2D eigenvalue weighted by molar-refractivity contribution is 6.03. The molecule has 3 aromatic rings. The van der Waals surface area contributed by atoms with Crippen LogP contribution in [0.15, 0.2) is 78.9 Å². The maximum Gasteiger partial charge on any atom is 0.254 e. The van der Waals surface area contributed by atoms with E-state index >= 15 is 0 Å². The number of hydrogen-bond donors (Lipinski definition) is 1. The lowest BCUT2D eigenvalue weighted by Gasteiger charge is -2.36. The number of anilines is 2. The van der Waals surface area contributed by atoms with Crippen molar-refractivity contribution in [1.29, 1.82) is 0 Å². The average Bonchev–Trinajstić information content (AvgIpc) is 2.89. The second kappa shape index (κ2) is 9.46. The Bertz CT molecular complexity index is 1140. The average molecular weight is 442 g/mol. The number of nitrogens with zero attached hydrogens (tertiary/aromatic N) is 2. The Morgan fingerprint density at radius 1 is 0.818 bits per heavy atom. The van der Waals surface area contributed by atoms with Crippen molar-refractivity contribution in [3.05, 3.63) is 95.6 Å². The van der Waals surface area contributed by atoms with Crippen molar-refractivity contribution < 1.29 is 14.3 Å². The van der Waals surface area contributed by atoms with Crippen molar-refractivity contribution >= 4 is 23.2 Å². The predicted molar refractivity (Wildman–Crippen MR) is 128 cm³/mol. The molecule has 0 radical (unpaired) electrons. The molecule has 1 N–H and O–H groups in total. The molecule has 168 valence electrons. The summed E-state index contributed by atoms with van der Waals surface area (Å²) in [5, 5.41) is 3.13. The second-order valence-corrected chi connectivity index (χ2v) is 8.39. The fraction of sp³-hybridized carbons (Fsp3) is 0.259. The summed E-state index contributed by atoms with van der Waals surface area (Å²) in [6.07, 6.45) is 0.486. The van der Waals surface area contributed by atoms with E-state index in [1.165, 1.54) is 0 Å². The van der Waals surface area contributed by atoms with Gasteiger partial charge in [0.1, 0.15) is 6.04 Å². The van der Waals surface area contributed by atoms with Gasteiger partial charge in [-0.15, -0.1) is 0 Å². The number of hydrogen-bond acceptors (Lipinski definition) is 4. The van der Waals surface area contributed by atoms with E-state index in [1.54, 1.807) is 17.0 Å². The summed E-state index contributed by atoms with van der Waals surface area (Å²) in [6.45, 7) is 3.31. The fourth-order valence-corrected chi connectivity index (χ4v) is 4.59. The Morgan fingerprint density at radius 3 is 2.27 bits per heavy atom. The Labute approximate surface area is 193 Å². The van der Waals surface area contributed by atoms with Gasteiger partial charge in [0.15, 0.2) is 0 Å². The minimum absolute atomic E-state index is 0.133. The quantitative estimate of drug-likeness (QED) is 0.670. The molecule has 5 rings (SSSR count). The lowest BCUT2D eigenvalue weighted by atomic mass is 9.92. The van der Waals surface area contributed by atoms with E-state index < -0.39 is 6.04 Å². The molecule has 0 aliphatic carbocycles. The molecule has 1 fully saturated rings. The van der Waals surface area contributed by atoms with Gasteiger partial charge in [0.2, 0.25) is 5.91 Å². The van der Waals surface area contributed by atoms with Crippen molar-refractivity contribution in [2.45, 2.75) is 19.0 Å². The zero-order valence-corrected chi connectivity index (χ0v) is 18.4. The highest BCUT2D eigenvalue weighted by Crippen LogP contribution is 2.29. The molecule has 1 atom stereocenters. The first-order valence-electron chi connectivity index (χ1n) is 11.4. The second-order valence-electron chi connectivity index (χ2n) is 8.39. The Balaban J connectivity index is 1.43. The molecule has 33 heavy (non-hydrogen) atoms. The van der Waals surface area contributed by atoms with E-state index in [2.05, 4.69) is 10.2 Å². The van der Waals surface area contributed by atoms with Crippen LogP contribution in [0.1, 0.15) is 21.5 Å². The Morgan fingerprint density at radius 2 is 1.48 bits per heavy atom. The molecule has 1 saturated heterocycles. The van der Waals surface area contributed by atoms with Gasteiger partial charge in [-0.25, -0.2) is 0 Å². The summed E-state index contributed by atoms with van der Waals surface area (Å²) in [6, 6.07) is 24.4. The zero-order valence-electron chi connectivity index (χ0n) is 18.4. The maximum absolute atomic E-state index is 13.6. The maximum atomic E-state index is 13.6. The molecule has 0 aromatic heterocycles. The number of fused-ring (bicyclic) bond motifs is 1. The van der Waals surface area contributed by atoms with Crippen LogP contribution in [0.25, 0.3) is 0 Å². The van der Waals surface area contributed by atoms with E-state index in [0.717, 1.165) is 35.6 Å². The summed E-state index contributed by atoms with van der Waals surface area (Å²) < 4.78 is 5.48. The molecule has 2 amide bonds. The lowest BCUT2D eigenvalue weighted by Crippen LogP contribution is -2.50. The third-order valence-corrected chi connectivity index (χ3v) is 6.35. The summed E-state index contributed by atoms with van der Waals surface area (Å²) in [5.74, 6) is -0.304. The van der Waals surface area contributed by atoms with Gasteiger partial charge >= 0.3 is 0 Å². The first-order valence-corrected chi connectivity index (χ1v) is 11.4. The van der Waals surface area contributed by atoms with Gasteiger partial charge in [-0.1, -0.05) is 54.6 Å². The monoisotopic (exact) mass is 441 g/mol. The molecule has 6 nitrogen and oxygen atoms in total. The molecule has 2 aliphatic rings. The van der Waals surface area contributed by atoms with Gasteiger partial charge in [-0.05, 0) is 35.4 Å². The normalized spacial score (nSPS) is 17.9. The van der Waals surface area contributed by atoms with E-state index in [1.807, 2.05) is 66.7 Å². The van der Waals surface area contributed by atoms with Crippen LogP contribution in [0.5, 0.6) is 0 Å².